The minimum Gasteiger partial charge on any atom is -0.362 e. The van der Waals surface area contributed by atoms with E-state index in [-0.39, 0.29) is 23.5 Å². The molecule has 0 radical (unpaired) electrons. The van der Waals surface area contributed by atoms with Crippen LogP contribution in [0.25, 0.3) is 0 Å². The average molecular weight is 236 g/mol. The first-order valence-electron chi connectivity index (χ1n) is 5.29. The number of rotatable bonds is 4. The predicted molar refractivity (Wildman–Crippen MR) is 60.5 cm³/mol. The van der Waals surface area contributed by atoms with E-state index in [4.69, 9.17) is 0 Å². The zero-order chi connectivity index (χ0) is 12.3. The average Bonchev–Trinajstić information content (AvgIpc) is 2.73. The molecule has 0 aliphatic carbocycles. The molecule has 1 atom stereocenters. The smallest absolute Gasteiger partial charge is 0.311 e. The van der Waals surface area contributed by atoms with Gasteiger partial charge in [-0.05, 0) is 12.5 Å². The second-order valence-corrected chi connectivity index (χ2v) is 3.81. The summed E-state index contributed by atoms with van der Waals surface area (Å²) in [4.78, 5) is 25.1. The van der Waals surface area contributed by atoms with Crippen molar-refractivity contribution in [2.24, 2.45) is 0 Å². The van der Waals surface area contributed by atoms with Crippen LogP contribution in [0.2, 0.25) is 0 Å². The first-order chi connectivity index (χ1) is 8.16. The molecule has 2 N–H and O–H groups in total. The van der Waals surface area contributed by atoms with Crippen molar-refractivity contribution in [1.82, 2.24) is 10.3 Å². The quantitative estimate of drug-likeness (QED) is 0.591. The number of hydrogen-bond acceptors (Lipinski definition) is 5. The molecule has 90 valence electrons. The van der Waals surface area contributed by atoms with Crippen molar-refractivity contribution in [2.75, 3.05) is 11.9 Å². The maximum Gasteiger partial charge on any atom is 0.311 e. The maximum atomic E-state index is 11.0. The van der Waals surface area contributed by atoms with Gasteiger partial charge in [0.2, 0.25) is 11.7 Å². The Labute approximate surface area is 97.4 Å². The molecule has 17 heavy (non-hydrogen) atoms. The molecule has 0 aromatic carbocycles. The lowest BCUT2D eigenvalue weighted by molar-refractivity contribution is -0.384. The number of pyridine rings is 1. The number of hydrogen-bond donors (Lipinski definition) is 2. The fourth-order valence-electron chi connectivity index (χ4n) is 1.73. The summed E-state index contributed by atoms with van der Waals surface area (Å²) in [5, 5.41) is 16.4. The van der Waals surface area contributed by atoms with E-state index in [9.17, 15) is 14.9 Å². The molecule has 1 aliphatic heterocycles. The summed E-state index contributed by atoms with van der Waals surface area (Å²) in [6.07, 6.45) is 2.74. The summed E-state index contributed by atoms with van der Waals surface area (Å²) < 4.78 is 0. The van der Waals surface area contributed by atoms with Crippen LogP contribution < -0.4 is 10.6 Å². The number of nitrogens with one attached hydrogen (secondary N) is 2. The minimum atomic E-state index is -0.484. The van der Waals surface area contributed by atoms with Gasteiger partial charge in [0.15, 0.2) is 0 Å². The molecule has 1 aliphatic rings. The highest BCUT2D eigenvalue weighted by Gasteiger charge is 2.21. The van der Waals surface area contributed by atoms with Crippen LogP contribution in [0.3, 0.4) is 0 Å². The van der Waals surface area contributed by atoms with Gasteiger partial charge in [-0.2, -0.15) is 0 Å². The molecular weight excluding hydrogens is 224 g/mol. The Kier molecular flexibility index (Phi) is 3.17. The van der Waals surface area contributed by atoms with Crippen molar-refractivity contribution < 1.29 is 9.72 Å². The molecule has 1 aromatic rings. The third-order valence-corrected chi connectivity index (χ3v) is 2.58. The number of nitro groups is 1. The number of carbonyl (C=O) groups is 1. The molecule has 2 heterocycles. The largest absolute Gasteiger partial charge is 0.362 e. The third-order valence-electron chi connectivity index (χ3n) is 2.58. The second kappa shape index (κ2) is 4.77. The van der Waals surface area contributed by atoms with Crippen LogP contribution in [-0.2, 0) is 4.79 Å². The number of nitrogens with zero attached hydrogens (tertiary/aromatic N) is 2. The molecule has 1 saturated heterocycles. The molecule has 0 spiro atoms. The molecule has 7 nitrogen and oxygen atoms in total. The molecule has 1 aromatic heterocycles. The maximum absolute atomic E-state index is 11.0. The lowest BCUT2D eigenvalue weighted by Crippen LogP contribution is -2.32. The number of carbonyl (C=O) groups excluding carboxylic acids is 1. The summed E-state index contributed by atoms with van der Waals surface area (Å²) in [7, 11) is 0. The Bertz CT molecular complexity index is 449. The number of anilines is 1. The normalized spacial score (nSPS) is 18.8. The van der Waals surface area contributed by atoms with Crippen molar-refractivity contribution >= 4 is 17.4 Å². The van der Waals surface area contributed by atoms with Gasteiger partial charge in [-0.1, -0.05) is 0 Å². The van der Waals surface area contributed by atoms with Crippen molar-refractivity contribution in [3.63, 3.8) is 0 Å². The highest BCUT2D eigenvalue weighted by Crippen LogP contribution is 2.20. The second-order valence-electron chi connectivity index (χ2n) is 3.81. The van der Waals surface area contributed by atoms with Crippen LogP contribution in [0.1, 0.15) is 12.8 Å². The Morgan fingerprint density at radius 2 is 2.47 bits per heavy atom. The van der Waals surface area contributed by atoms with E-state index in [1.165, 1.54) is 18.3 Å². The van der Waals surface area contributed by atoms with E-state index in [1.54, 1.807) is 0 Å². The van der Waals surface area contributed by atoms with Gasteiger partial charge in [0.1, 0.15) is 0 Å². The van der Waals surface area contributed by atoms with E-state index in [0.717, 1.165) is 6.42 Å². The van der Waals surface area contributed by atoms with Crippen molar-refractivity contribution in [3.05, 3.63) is 28.4 Å². The fourth-order valence-corrected chi connectivity index (χ4v) is 1.73. The van der Waals surface area contributed by atoms with Gasteiger partial charge in [0, 0.05) is 31.3 Å². The van der Waals surface area contributed by atoms with Crippen LogP contribution in [0.15, 0.2) is 18.3 Å². The van der Waals surface area contributed by atoms with Gasteiger partial charge in [0.05, 0.1) is 4.92 Å². The van der Waals surface area contributed by atoms with Gasteiger partial charge in [-0.15, -0.1) is 0 Å². The first kappa shape index (κ1) is 11.3. The molecule has 2 rings (SSSR count). The monoisotopic (exact) mass is 236 g/mol. The lowest BCUT2D eigenvalue weighted by Gasteiger charge is -2.11. The fraction of sp³-hybridized carbons (Fsp3) is 0.400. The van der Waals surface area contributed by atoms with Gasteiger partial charge in [-0.25, -0.2) is 4.98 Å². The highest BCUT2D eigenvalue weighted by atomic mass is 16.6. The zero-order valence-corrected chi connectivity index (χ0v) is 9.05. The molecular formula is C10H12N4O3. The predicted octanol–water partition coefficient (Wildman–Crippen LogP) is 0.680. The van der Waals surface area contributed by atoms with Crippen LogP contribution in [-0.4, -0.2) is 28.4 Å². The van der Waals surface area contributed by atoms with E-state index in [0.29, 0.717) is 13.0 Å². The first-order valence-corrected chi connectivity index (χ1v) is 5.29. The molecule has 0 bridgehead atoms. The Balaban J connectivity index is 1.99. The van der Waals surface area contributed by atoms with Gasteiger partial charge in [0.25, 0.3) is 0 Å². The molecule has 7 heteroatoms. The van der Waals surface area contributed by atoms with Crippen molar-refractivity contribution in [2.45, 2.75) is 18.9 Å². The SMILES string of the molecule is O=C1CCC(CNc2ncccc2[N+](=O)[O-])N1. The Morgan fingerprint density at radius 1 is 1.65 bits per heavy atom. The van der Waals surface area contributed by atoms with Crippen LogP contribution >= 0.6 is 0 Å². The third kappa shape index (κ3) is 2.68. The Hall–Kier alpha value is -2.18. The van der Waals surface area contributed by atoms with Crippen molar-refractivity contribution in [3.8, 4) is 0 Å². The van der Waals surface area contributed by atoms with Crippen molar-refractivity contribution in [1.29, 1.82) is 0 Å². The van der Waals surface area contributed by atoms with Crippen LogP contribution in [0.4, 0.5) is 11.5 Å². The van der Waals surface area contributed by atoms with Gasteiger partial charge < -0.3 is 10.6 Å². The van der Waals surface area contributed by atoms with E-state index in [1.807, 2.05) is 0 Å². The Morgan fingerprint density at radius 3 is 3.12 bits per heavy atom. The molecule has 1 fully saturated rings. The highest BCUT2D eigenvalue weighted by molar-refractivity contribution is 5.78. The molecule has 1 unspecified atom stereocenters. The standard InChI is InChI=1S/C10H12N4O3/c15-9-4-3-7(13-9)6-12-10-8(14(16)17)2-1-5-11-10/h1-2,5,7H,3-4,6H2,(H,11,12)(H,13,15). The van der Waals surface area contributed by atoms with Crippen LogP contribution in [0, 0.1) is 10.1 Å². The van der Waals surface area contributed by atoms with Crippen LogP contribution in [0.5, 0.6) is 0 Å². The molecule has 0 saturated carbocycles. The summed E-state index contributed by atoms with van der Waals surface area (Å²) in [5.41, 5.74) is -0.0585. The minimum absolute atomic E-state index is 0.0177. The van der Waals surface area contributed by atoms with Gasteiger partial charge in [-0.3, -0.25) is 14.9 Å². The molecule has 1 amide bonds. The summed E-state index contributed by atoms with van der Waals surface area (Å²) in [6, 6.07) is 2.92. The summed E-state index contributed by atoms with van der Waals surface area (Å²) in [5.74, 6) is 0.256. The zero-order valence-electron chi connectivity index (χ0n) is 9.05. The van der Waals surface area contributed by atoms with E-state index < -0.39 is 4.92 Å². The van der Waals surface area contributed by atoms with E-state index >= 15 is 0 Å². The van der Waals surface area contributed by atoms with Gasteiger partial charge >= 0.3 is 5.69 Å². The number of amides is 1. The number of aromatic nitrogens is 1. The summed E-state index contributed by atoms with van der Waals surface area (Å²) >= 11 is 0. The van der Waals surface area contributed by atoms with E-state index in [2.05, 4.69) is 15.6 Å². The topological polar surface area (TPSA) is 97.2 Å². The summed E-state index contributed by atoms with van der Waals surface area (Å²) in [6.45, 7) is 0.448. The lowest BCUT2D eigenvalue weighted by atomic mass is 10.2.